The molecule has 1 amide bonds. The molecular formula is C19H15NO4S. The first-order chi connectivity index (χ1) is 12.0. The zero-order chi connectivity index (χ0) is 18.0. The summed E-state index contributed by atoms with van der Waals surface area (Å²) in [5.41, 5.74) is 0.381. The van der Waals surface area contributed by atoms with Gasteiger partial charge < -0.3 is 10.4 Å². The van der Waals surface area contributed by atoms with E-state index in [1.54, 1.807) is 54.6 Å². The summed E-state index contributed by atoms with van der Waals surface area (Å²) >= 11 is 0. The lowest BCUT2D eigenvalue weighted by Gasteiger charge is -2.12. The monoisotopic (exact) mass is 353 g/mol. The van der Waals surface area contributed by atoms with Gasteiger partial charge in [-0.05, 0) is 29.7 Å². The summed E-state index contributed by atoms with van der Waals surface area (Å²) in [5, 5.41) is 13.1. The molecule has 5 nitrogen and oxygen atoms in total. The SMILES string of the molecule is CNC(=O)c1ccccc1[S@@](=O)c1cccc2cccc(C(=O)O)c12. The molecule has 0 spiro atoms. The quantitative estimate of drug-likeness (QED) is 0.755. The molecule has 126 valence electrons. The molecule has 1 atom stereocenters. The Morgan fingerprint density at radius 1 is 0.880 bits per heavy atom. The third kappa shape index (κ3) is 3.04. The van der Waals surface area contributed by atoms with Crippen LogP contribution in [0.1, 0.15) is 20.7 Å². The molecule has 0 heterocycles. The predicted molar refractivity (Wildman–Crippen MR) is 95.4 cm³/mol. The molecule has 0 fully saturated rings. The fourth-order valence-corrected chi connectivity index (χ4v) is 4.12. The van der Waals surface area contributed by atoms with Gasteiger partial charge in [0.1, 0.15) is 0 Å². The van der Waals surface area contributed by atoms with Crippen molar-refractivity contribution in [2.45, 2.75) is 9.79 Å². The third-order valence-corrected chi connectivity index (χ3v) is 5.35. The van der Waals surface area contributed by atoms with Crippen molar-refractivity contribution < 1.29 is 18.9 Å². The number of carbonyl (C=O) groups is 2. The average molecular weight is 353 g/mol. The molecule has 25 heavy (non-hydrogen) atoms. The van der Waals surface area contributed by atoms with Crippen LogP contribution in [-0.2, 0) is 10.8 Å². The highest BCUT2D eigenvalue weighted by molar-refractivity contribution is 7.85. The molecule has 0 aliphatic rings. The second kappa shape index (κ2) is 6.86. The van der Waals surface area contributed by atoms with E-state index < -0.39 is 16.8 Å². The molecule has 0 bridgehead atoms. The Balaban J connectivity index is 2.26. The molecule has 3 aromatic rings. The molecule has 6 heteroatoms. The smallest absolute Gasteiger partial charge is 0.336 e. The molecule has 0 unspecified atom stereocenters. The van der Waals surface area contributed by atoms with Gasteiger partial charge in [0.2, 0.25) is 0 Å². The van der Waals surface area contributed by atoms with Gasteiger partial charge in [0.05, 0.1) is 31.7 Å². The number of hydrogen-bond donors (Lipinski definition) is 2. The molecule has 0 saturated carbocycles. The second-order valence-electron chi connectivity index (χ2n) is 5.31. The van der Waals surface area contributed by atoms with Crippen molar-refractivity contribution in [1.29, 1.82) is 0 Å². The van der Waals surface area contributed by atoms with E-state index in [4.69, 9.17) is 0 Å². The van der Waals surface area contributed by atoms with Crippen LogP contribution in [-0.4, -0.2) is 28.2 Å². The lowest BCUT2D eigenvalue weighted by atomic mass is 10.0. The fraction of sp³-hybridized carbons (Fsp3) is 0.0526. The Labute approximate surface area is 146 Å². The molecule has 3 rings (SSSR count). The lowest BCUT2D eigenvalue weighted by molar-refractivity contribution is 0.0698. The second-order valence-corrected chi connectivity index (χ2v) is 6.73. The van der Waals surface area contributed by atoms with E-state index in [0.717, 1.165) is 0 Å². The maximum absolute atomic E-state index is 13.2. The standard InChI is InChI=1S/C19H15NO4S/c1-20-18(21)13-8-2-3-10-15(13)25(24)16-11-5-7-12-6-4-9-14(17(12)16)19(22)23/h2-11H,1H3,(H,20,21)(H,22,23)/t25-/m1/s1. The van der Waals surface area contributed by atoms with Crippen LogP contribution in [0.5, 0.6) is 0 Å². The molecular weight excluding hydrogens is 338 g/mol. The molecule has 0 aliphatic heterocycles. The number of nitrogens with one attached hydrogen (secondary N) is 1. The van der Waals surface area contributed by atoms with Gasteiger partial charge in [0, 0.05) is 12.4 Å². The Morgan fingerprint density at radius 2 is 1.48 bits per heavy atom. The molecule has 0 aliphatic carbocycles. The first kappa shape index (κ1) is 16.9. The fourth-order valence-electron chi connectivity index (χ4n) is 2.71. The van der Waals surface area contributed by atoms with Gasteiger partial charge in [0.15, 0.2) is 0 Å². The van der Waals surface area contributed by atoms with Crippen molar-refractivity contribution >= 4 is 33.4 Å². The van der Waals surface area contributed by atoms with Crippen molar-refractivity contribution in [3.63, 3.8) is 0 Å². The summed E-state index contributed by atoms with van der Waals surface area (Å²) in [7, 11) is -0.204. The number of carbonyl (C=O) groups excluding carboxylic acids is 1. The average Bonchev–Trinajstić information content (AvgIpc) is 2.65. The number of carboxylic acid groups (broad SMARTS) is 1. The molecule has 0 aromatic heterocycles. The van der Waals surface area contributed by atoms with Crippen LogP contribution in [0.4, 0.5) is 0 Å². The Bertz CT molecular complexity index is 1010. The predicted octanol–water partition coefficient (Wildman–Crippen LogP) is 3.06. The maximum Gasteiger partial charge on any atom is 0.336 e. The van der Waals surface area contributed by atoms with Crippen molar-refractivity contribution in [2.75, 3.05) is 7.05 Å². The van der Waals surface area contributed by atoms with E-state index in [2.05, 4.69) is 5.32 Å². The minimum Gasteiger partial charge on any atom is -0.478 e. The van der Waals surface area contributed by atoms with E-state index in [9.17, 15) is 18.9 Å². The van der Waals surface area contributed by atoms with Crippen molar-refractivity contribution in [2.24, 2.45) is 0 Å². The van der Waals surface area contributed by atoms with Crippen LogP contribution < -0.4 is 5.32 Å². The molecule has 3 aromatic carbocycles. The summed E-state index contributed by atoms with van der Waals surface area (Å²) in [6, 6.07) is 16.6. The van der Waals surface area contributed by atoms with Gasteiger partial charge >= 0.3 is 5.97 Å². The van der Waals surface area contributed by atoms with E-state index in [0.29, 0.717) is 26.1 Å². The Morgan fingerprint density at radius 3 is 2.16 bits per heavy atom. The van der Waals surface area contributed by atoms with Gasteiger partial charge in [-0.15, -0.1) is 0 Å². The minimum absolute atomic E-state index is 0.0823. The van der Waals surface area contributed by atoms with E-state index >= 15 is 0 Å². The number of benzene rings is 3. The number of rotatable bonds is 4. The summed E-state index contributed by atoms with van der Waals surface area (Å²) in [5.74, 6) is -1.43. The van der Waals surface area contributed by atoms with Crippen molar-refractivity contribution in [3.8, 4) is 0 Å². The van der Waals surface area contributed by atoms with Gasteiger partial charge in [0.25, 0.3) is 5.91 Å². The van der Waals surface area contributed by atoms with Crippen LogP contribution in [0.15, 0.2) is 70.5 Å². The van der Waals surface area contributed by atoms with Crippen LogP contribution in [0, 0.1) is 0 Å². The van der Waals surface area contributed by atoms with E-state index in [1.165, 1.54) is 13.1 Å². The number of hydrogen-bond acceptors (Lipinski definition) is 3. The summed E-state index contributed by atoms with van der Waals surface area (Å²) < 4.78 is 13.2. The topological polar surface area (TPSA) is 83.5 Å². The molecule has 0 saturated heterocycles. The van der Waals surface area contributed by atoms with Gasteiger partial charge in [-0.3, -0.25) is 4.79 Å². The van der Waals surface area contributed by atoms with Crippen molar-refractivity contribution in [1.82, 2.24) is 5.32 Å². The van der Waals surface area contributed by atoms with Crippen molar-refractivity contribution in [3.05, 3.63) is 71.8 Å². The summed E-state index contributed by atoms with van der Waals surface area (Å²) in [6.45, 7) is 0. The third-order valence-electron chi connectivity index (χ3n) is 3.86. The van der Waals surface area contributed by atoms with Gasteiger partial charge in [-0.2, -0.15) is 0 Å². The summed E-state index contributed by atoms with van der Waals surface area (Å²) in [6.07, 6.45) is 0. The number of aromatic carboxylic acids is 1. The zero-order valence-corrected chi connectivity index (χ0v) is 14.2. The normalized spacial score (nSPS) is 11.9. The van der Waals surface area contributed by atoms with Gasteiger partial charge in [-0.1, -0.05) is 36.4 Å². The zero-order valence-electron chi connectivity index (χ0n) is 13.4. The minimum atomic E-state index is -1.71. The first-order valence-electron chi connectivity index (χ1n) is 7.52. The number of amides is 1. The van der Waals surface area contributed by atoms with Gasteiger partial charge in [-0.25, -0.2) is 9.00 Å². The summed E-state index contributed by atoms with van der Waals surface area (Å²) in [4.78, 5) is 24.4. The van der Waals surface area contributed by atoms with E-state index in [1.807, 2.05) is 0 Å². The number of carboxylic acids is 1. The highest BCUT2D eigenvalue weighted by Crippen LogP contribution is 2.29. The molecule has 0 radical (unpaired) electrons. The van der Waals surface area contributed by atoms with Crippen LogP contribution >= 0.6 is 0 Å². The Hall–Kier alpha value is -2.99. The largest absolute Gasteiger partial charge is 0.478 e. The molecule has 2 N–H and O–H groups in total. The first-order valence-corrected chi connectivity index (χ1v) is 8.67. The van der Waals surface area contributed by atoms with Crippen LogP contribution in [0.25, 0.3) is 10.8 Å². The lowest BCUT2D eigenvalue weighted by Crippen LogP contribution is -2.19. The highest BCUT2D eigenvalue weighted by Gasteiger charge is 2.20. The van der Waals surface area contributed by atoms with Crippen LogP contribution in [0.2, 0.25) is 0 Å². The highest BCUT2D eigenvalue weighted by atomic mass is 32.2. The number of fused-ring (bicyclic) bond motifs is 1. The maximum atomic E-state index is 13.2. The van der Waals surface area contributed by atoms with Crippen LogP contribution in [0.3, 0.4) is 0 Å². The Kier molecular flexibility index (Phi) is 4.63. The van der Waals surface area contributed by atoms with E-state index in [-0.39, 0.29) is 11.5 Å².